The van der Waals surface area contributed by atoms with E-state index >= 15 is 0 Å². The van der Waals surface area contributed by atoms with E-state index in [1.165, 1.54) is 0 Å². The summed E-state index contributed by atoms with van der Waals surface area (Å²) in [5, 5.41) is 7.76. The zero-order valence-electron chi connectivity index (χ0n) is 16.6. The molecule has 0 saturated carbocycles. The van der Waals surface area contributed by atoms with Gasteiger partial charge in [0, 0.05) is 24.5 Å². The van der Waals surface area contributed by atoms with E-state index < -0.39 is 11.7 Å². The van der Waals surface area contributed by atoms with Gasteiger partial charge >= 0.3 is 6.09 Å². The number of rotatable bonds is 5. The molecule has 152 valence electrons. The van der Waals surface area contributed by atoms with Gasteiger partial charge in [-0.25, -0.2) is 9.78 Å². The van der Waals surface area contributed by atoms with Crippen LogP contribution in [0.2, 0.25) is 0 Å². The second-order valence-corrected chi connectivity index (χ2v) is 9.72. The number of alkyl carbamates (subject to hydrolysis) is 1. The standard InChI is InChI=1S/C20H27N3O3S2/c1-20(2,3)26-19(25)21-12-15-7-4-5-9-23(15)17(24)11-14-13-28-18(22-14)16-8-6-10-27-16/h6,8,10,13,15H,4-5,7,9,11-12H2,1-3H3,(H,21,25). The summed E-state index contributed by atoms with van der Waals surface area (Å²) in [4.78, 5) is 32.5. The second kappa shape index (κ2) is 9.05. The van der Waals surface area contributed by atoms with E-state index in [0.717, 1.165) is 41.4 Å². The Balaban J connectivity index is 1.57. The Labute approximate surface area is 173 Å². The van der Waals surface area contributed by atoms with Crippen LogP contribution in [0.15, 0.2) is 22.9 Å². The third kappa shape index (κ3) is 5.78. The normalized spacial score (nSPS) is 17.4. The molecule has 1 N–H and O–H groups in total. The van der Waals surface area contributed by atoms with Crippen molar-refractivity contribution < 1.29 is 14.3 Å². The molecule has 0 aromatic carbocycles. The second-order valence-electron chi connectivity index (χ2n) is 7.92. The lowest BCUT2D eigenvalue weighted by atomic mass is 10.0. The van der Waals surface area contributed by atoms with Crippen LogP contribution in [0.3, 0.4) is 0 Å². The number of thiazole rings is 1. The summed E-state index contributed by atoms with van der Waals surface area (Å²) in [6.45, 7) is 6.64. The molecule has 1 fully saturated rings. The monoisotopic (exact) mass is 421 g/mol. The Morgan fingerprint density at radius 1 is 1.32 bits per heavy atom. The zero-order valence-corrected chi connectivity index (χ0v) is 18.2. The summed E-state index contributed by atoms with van der Waals surface area (Å²) in [7, 11) is 0. The quantitative estimate of drug-likeness (QED) is 0.780. The highest BCUT2D eigenvalue weighted by Crippen LogP contribution is 2.28. The van der Waals surface area contributed by atoms with Crippen molar-refractivity contribution in [3.63, 3.8) is 0 Å². The van der Waals surface area contributed by atoms with Crippen LogP contribution in [0.5, 0.6) is 0 Å². The molecule has 0 aliphatic carbocycles. The first-order valence-corrected chi connectivity index (χ1v) is 11.3. The van der Waals surface area contributed by atoms with Crippen LogP contribution in [0.25, 0.3) is 9.88 Å². The molecule has 1 unspecified atom stereocenters. The number of nitrogens with one attached hydrogen (secondary N) is 1. The average molecular weight is 422 g/mol. The van der Waals surface area contributed by atoms with Crippen LogP contribution in [-0.2, 0) is 16.0 Å². The molecule has 2 amide bonds. The number of carbonyl (C=O) groups excluding carboxylic acids is 2. The summed E-state index contributed by atoms with van der Waals surface area (Å²) in [5.41, 5.74) is 0.277. The van der Waals surface area contributed by atoms with E-state index in [2.05, 4.69) is 10.3 Å². The molecule has 6 nitrogen and oxygen atoms in total. The molecule has 1 aliphatic rings. The van der Waals surface area contributed by atoms with Gasteiger partial charge in [0.1, 0.15) is 10.6 Å². The van der Waals surface area contributed by atoms with E-state index in [1.54, 1.807) is 22.7 Å². The van der Waals surface area contributed by atoms with E-state index in [-0.39, 0.29) is 11.9 Å². The van der Waals surface area contributed by atoms with E-state index in [9.17, 15) is 9.59 Å². The number of hydrogen-bond donors (Lipinski definition) is 1. The van der Waals surface area contributed by atoms with E-state index in [1.807, 2.05) is 48.6 Å². The highest BCUT2D eigenvalue weighted by Gasteiger charge is 2.28. The maximum absolute atomic E-state index is 12.9. The molecular weight excluding hydrogens is 394 g/mol. The van der Waals surface area contributed by atoms with Gasteiger partial charge in [0.15, 0.2) is 0 Å². The van der Waals surface area contributed by atoms with Gasteiger partial charge in [-0.05, 0) is 51.5 Å². The molecule has 0 bridgehead atoms. The van der Waals surface area contributed by atoms with Crippen LogP contribution < -0.4 is 5.32 Å². The molecule has 1 aliphatic heterocycles. The Morgan fingerprint density at radius 2 is 2.14 bits per heavy atom. The Kier molecular flexibility index (Phi) is 6.72. The minimum absolute atomic E-state index is 0.00386. The number of thiophene rings is 1. The van der Waals surface area contributed by atoms with Gasteiger partial charge in [0.05, 0.1) is 17.0 Å². The van der Waals surface area contributed by atoms with Gasteiger partial charge in [-0.2, -0.15) is 0 Å². The lowest BCUT2D eigenvalue weighted by Crippen LogP contribution is -2.50. The predicted octanol–water partition coefficient (Wildman–Crippen LogP) is 4.32. The van der Waals surface area contributed by atoms with Crippen molar-refractivity contribution in [2.45, 2.75) is 58.1 Å². The third-order valence-corrected chi connectivity index (χ3v) is 6.37. The lowest BCUT2D eigenvalue weighted by molar-refractivity contribution is -0.134. The Bertz CT molecular complexity index is 796. The maximum atomic E-state index is 12.9. The predicted molar refractivity (Wildman–Crippen MR) is 113 cm³/mol. The first kappa shape index (κ1) is 20.8. The summed E-state index contributed by atoms with van der Waals surface area (Å²) in [5.74, 6) is 0.0683. The Morgan fingerprint density at radius 3 is 2.86 bits per heavy atom. The van der Waals surface area contributed by atoms with Crippen molar-refractivity contribution in [3.8, 4) is 9.88 Å². The topological polar surface area (TPSA) is 71.5 Å². The maximum Gasteiger partial charge on any atom is 0.407 e. The van der Waals surface area contributed by atoms with Crippen LogP contribution in [0.4, 0.5) is 4.79 Å². The highest BCUT2D eigenvalue weighted by atomic mass is 32.1. The number of piperidine rings is 1. The third-order valence-electron chi connectivity index (χ3n) is 4.44. The number of nitrogens with zero attached hydrogens (tertiary/aromatic N) is 2. The first-order chi connectivity index (χ1) is 13.3. The average Bonchev–Trinajstić information content (AvgIpc) is 3.30. The molecule has 8 heteroatoms. The molecule has 28 heavy (non-hydrogen) atoms. The van der Waals surface area contributed by atoms with Gasteiger partial charge in [-0.15, -0.1) is 22.7 Å². The molecule has 2 aromatic rings. The van der Waals surface area contributed by atoms with Crippen molar-refractivity contribution in [3.05, 3.63) is 28.6 Å². The Hall–Kier alpha value is -1.93. The molecule has 1 atom stereocenters. The summed E-state index contributed by atoms with van der Waals surface area (Å²) in [6, 6.07) is 4.05. The fourth-order valence-corrected chi connectivity index (χ4v) is 4.85. The molecule has 0 spiro atoms. The van der Waals surface area contributed by atoms with Crippen molar-refractivity contribution in [1.82, 2.24) is 15.2 Å². The van der Waals surface area contributed by atoms with Crippen LogP contribution in [0.1, 0.15) is 45.7 Å². The number of ether oxygens (including phenoxy) is 1. The van der Waals surface area contributed by atoms with Gasteiger partial charge in [0.2, 0.25) is 5.91 Å². The fourth-order valence-electron chi connectivity index (χ4n) is 3.21. The molecule has 2 aromatic heterocycles. The fraction of sp³-hybridized carbons (Fsp3) is 0.550. The largest absolute Gasteiger partial charge is 0.444 e. The summed E-state index contributed by atoms with van der Waals surface area (Å²) in [6.07, 6.45) is 2.80. The van der Waals surface area contributed by atoms with Crippen molar-refractivity contribution in [2.75, 3.05) is 13.1 Å². The minimum Gasteiger partial charge on any atom is -0.444 e. The molecule has 3 heterocycles. The number of hydrogen-bond acceptors (Lipinski definition) is 6. The number of amides is 2. The molecule has 3 rings (SSSR count). The minimum atomic E-state index is -0.531. The van der Waals surface area contributed by atoms with Crippen LogP contribution in [-0.4, -0.2) is 46.6 Å². The van der Waals surface area contributed by atoms with Crippen molar-refractivity contribution >= 4 is 34.7 Å². The molecular formula is C20H27N3O3S2. The zero-order chi connectivity index (χ0) is 20.1. The highest BCUT2D eigenvalue weighted by molar-refractivity contribution is 7.20. The summed E-state index contributed by atoms with van der Waals surface area (Å²) >= 11 is 3.22. The molecule has 0 radical (unpaired) electrons. The number of aromatic nitrogens is 1. The van der Waals surface area contributed by atoms with Gasteiger partial charge in [0.25, 0.3) is 0 Å². The van der Waals surface area contributed by atoms with E-state index in [4.69, 9.17) is 4.74 Å². The lowest BCUT2D eigenvalue weighted by Gasteiger charge is -2.36. The van der Waals surface area contributed by atoms with Gasteiger partial charge in [-0.1, -0.05) is 6.07 Å². The van der Waals surface area contributed by atoms with Crippen LogP contribution in [0, 0.1) is 0 Å². The van der Waals surface area contributed by atoms with Crippen LogP contribution >= 0.6 is 22.7 Å². The first-order valence-electron chi connectivity index (χ1n) is 9.56. The van der Waals surface area contributed by atoms with Crippen molar-refractivity contribution in [1.29, 1.82) is 0 Å². The van der Waals surface area contributed by atoms with E-state index in [0.29, 0.717) is 13.0 Å². The molecule has 1 saturated heterocycles. The van der Waals surface area contributed by atoms with Gasteiger partial charge in [-0.3, -0.25) is 4.79 Å². The SMILES string of the molecule is CC(C)(C)OC(=O)NCC1CCCCN1C(=O)Cc1csc(-c2cccs2)n1. The van der Waals surface area contributed by atoms with Crippen molar-refractivity contribution in [2.24, 2.45) is 0 Å². The summed E-state index contributed by atoms with van der Waals surface area (Å²) < 4.78 is 5.30. The smallest absolute Gasteiger partial charge is 0.407 e. The number of carbonyl (C=O) groups is 2. The number of likely N-dealkylation sites (tertiary alicyclic amines) is 1. The van der Waals surface area contributed by atoms with Gasteiger partial charge < -0.3 is 15.0 Å².